The molecule has 138 valence electrons. The van der Waals surface area contributed by atoms with Crippen LogP contribution in [0.15, 0.2) is 42.5 Å². The molecule has 2 amide bonds. The van der Waals surface area contributed by atoms with E-state index in [1.807, 2.05) is 0 Å². The van der Waals surface area contributed by atoms with Crippen molar-refractivity contribution in [2.24, 2.45) is 0 Å². The molecule has 0 unspecified atom stereocenters. The van der Waals surface area contributed by atoms with Crippen LogP contribution in [0.4, 0.5) is 11.4 Å². The second-order valence-corrected chi connectivity index (χ2v) is 6.12. The molecule has 0 bridgehead atoms. The van der Waals surface area contributed by atoms with Crippen LogP contribution in [0.1, 0.15) is 10.4 Å². The largest absolute Gasteiger partial charge is 0.383 e. The molecule has 0 aliphatic heterocycles. The van der Waals surface area contributed by atoms with Crippen molar-refractivity contribution in [1.82, 2.24) is 5.32 Å². The van der Waals surface area contributed by atoms with E-state index in [4.69, 9.17) is 27.9 Å². The van der Waals surface area contributed by atoms with E-state index in [-0.39, 0.29) is 23.4 Å². The van der Waals surface area contributed by atoms with Gasteiger partial charge >= 0.3 is 0 Å². The van der Waals surface area contributed by atoms with Gasteiger partial charge in [0.05, 0.1) is 28.9 Å². The van der Waals surface area contributed by atoms with Crippen LogP contribution < -0.4 is 16.0 Å². The second kappa shape index (κ2) is 10.0. The van der Waals surface area contributed by atoms with Crippen LogP contribution in [0.2, 0.25) is 10.0 Å². The molecule has 26 heavy (non-hydrogen) atoms. The Labute approximate surface area is 161 Å². The third kappa shape index (κ3) is 5.91. The number of amides is 2. The Bertz CT molecular complexity index is 784. The monoisotopic (exact) mass is 395 g/mol. The zero-order chi connectivity index (χ0) is 18.9. The summed E-state index contributed by atoms with van der Waals surface area (Å²) in [5.74, 6) is -0.495. The van der Waals surface area contributed by atoms with Gasteiger partial charge in [-0.2, -0.15) is 0 Å². The summed E-state index contributed by atoms with van der Waals surface area (Å²) in [5.41, 5.74) is 1.58. The summed E-state index contributed by atoms with van der Waals surface area (Å²) < 4.78 is 4.89. The fourth-order valence-electron chi connectivity index (χ4n) is 2.12. The van der Waals surface area contributed by atoms with Crippen LogP contribution in [-0.2, 0) is 9.53 Å². The third-order valence-electron chi connectivity index (χ3n) is 3.40. The summed E-state index contributed by atoms with van der Waals surface area (Å²) in [7, 11) is 1.57. The Morgan fingerprint density at radius 2 is 1.88 bits per heavy atom. The highest BCUT2D eigenvalue weighted by molar-refractivity contribution is 6.44. The highest BCUT2D eigenvalue weighted by Crippen LogP contribution is 2.29. The van der Waals surface area contributed by atoms with E-state index < -0.39 is 0 Å². The quantitative estimate of drug-likeness (QED) is 0.598. The van der Waals surface area contributed by atoms with Crippen LogP contribution >= 0.6 is 23.2 Å². The normalized spacial score (nSPS) is 10.3. The van der Waals surface area contributed by atoms with Gasteiger partial charge in [0.25, 0.3) is 5.91 Å². The summed E-state index contributed by atoms with van der Waals surface area (Å²) >= 11 is 12.0. The lowest BCUT2D eigenvalue weighted by Crippen LogP contribution is -2.27. The Balaban J connectivity index is 1.90. The van der Waals surface area contributed by atoms with Gasteiger partial charge in [-0.25, -0.2) is 0 Å². The van der Waals surface area contributed by atoms with E-state index in [1.54, 1.807) is 49.6 Å². The first-order chi connectivity index (χ1) is 12.5. The number of methoxy groups -OCH3 is 1. The van der Waals surface area contributed by atoms with Gasteiger partial charge < -0.3 is 20.7 Å². The molecule has 0 saturated carbocycles. The predicted molar refractivity (Wildman–Crippen MR) is 104 cm³/mol. The van der Waals surface area contributed by atoms with Gasteiger partial charge in [-0.05, 0) is 30.3 Å². The van der Waals surface area contributed by atoms with Crippen LogP contribution in [-0.4, -0.2) is 38.6 Å². The van der Waals surface area contributed by atoms with Crippen molar-refractivity contribution in [3.63, 3.8) is 0 Å². The van der Waals surface area contributed by atoms with Crippen molar-refractivity contribution >= 4 is 46.4 Å². The molecule has 8 heteroatoms. The van der Waals surface area contributed by atoms with E-state index in [9.17, 15) is 9.59 Å². The lowest BCUT2D eigenvalue weighted by molar-refractivity contribution is -0.114. The number of hydrogen-bond donors (Lipinski definition) is 3. The molecule has 0 fully saturated rings. The van der Waals surface area contributed by atoms with Crippen LogP contribution in [0.3, 0.4) is 0 Å². The van der Waals surface area contributed by atoms with Gasteiger partial charge in [-0.1, -0.05) is 35.3 Å². The number of carbonyl (C=O) groups excluding carboxylic acids is 2. The summed E-state index contributed by atoms with van der Waals surface area (Å²) in [5, 5.41) is 9.04. The highest BCUT2D eigenvalue weighted by Gasteiger charge is 2.09. The number of hydrogen-bond acceptors (Lipinski definition) is 4. The van der Waals surface area contributed by atoms with Gasteiger partial charge in [-0.15, -0.1) is 0 Å². The molecule has 0 spiro atoms. The fourth-order valence-corrected chi connectivity index (χ4v) is 2.46. The van der Waals surface area contributed by atoms with Gasteiger partial charge in [0.1, 0.15) is 0 Å². The molecule has 0 atom stereocenters. The second-order valence-electron chi connectivity index (χ2n) is 5.33. The van der Waals surface area contributed by atoms with Crippen molar-refractivity contribution in [3.05, 3.63) is 58.1 Å². The maximum atomic E-state index is 12.1. The number of benzene rings is 2. The zero-order valence-corrected chi connectivity index (χ0v) is 15.7. The Morgan fingerprint density at radius 3 is 2.65 bits per heavy atom. The number of carbonyl (C=O) groups is 2. The first-order valence-electron chi connectivity index (χ1n) is 7.86. The van der Waals surface area contributed by atoms with Crippen molar-refractivity contribution in [2.75, 3.05) is 37.4 Å². The maximum absolute atomic E-state index is 12.1. The number of rotatable bonds is 8. The molecular weight excluding hydrogens is 377 g/mol. The predicted octanol–water partition coefficient (Wildman–Crippen LogP) is 3.42. The number of nitrogens with one attached hydrogen (secondary N) is 3. The average molecular weight is 396 g/mol. The summed E-state index contributed by atoms with van der Waals surface area (Å²) in [6, 6.07) is 11.9. The van der Waals surface area contributed by atoms with Crippen molar-refractivity contribution in [3.8, 4) is 0 Å². The molecular formula is C18H19Cl2N3O3. The molecule has 0 aliphatic carbocycles. The summed E-state index contributed by atoms with van der Waals surface area (Å²) in [6.07, 6.45) is 0. The van der Waals surface area contributed by atoms with Crippen LogP contribution in [0.25, 0.3) is 0 Å². The van der Waals surface area contributed by atoms with E-state index in [0.717, 1.165) is 0 Å². The first kappa shape index (κ1) is 20.0. The zero-order valence-electron chi connectivity index (χ0n) is 14.1. The Morgan fingerprint density at radius 1 is 1.12 bits per heavy atom. The molecule has 0 radical (unpaired) electrons. The summed E-state index contributed by atoms with van der Waals surface area (Å²) in [4.78, 5) is 24.1. The molecule has 2 aromatic rings. The average Bonchev–Trinajstić information content (AvgIpc) is 2.64. The van der Waals surface area contributed by atoms with E-state index in [1.165, 1.54) is 0 Å². The summed E-state index contributed by atoms with van der Waals surface area (Å²) in [6.45, 7) is 0.878. The van der Waals surface area contributed by atoms with E-state index >= 15 is 0 Å². The number of ether oxygens (including phenoxy) is 1. The third-order valence-corrected chi connectivity index (χ3v) is 4.21. The minimum absolute atomic E-state index is 0.0115. The molecule has 6 nitrogen and oxygen atoms in total. The van der Waals surface area contributed by atoms with Gasteiger partial charge in [0.2, 0.25) is 5.91 Å². The molecule has 2 rings (SSSR count). The topological polar surface area (TPSA) is 79.5 Å². The van der Waals surface area contributed by atoms with E-state index in [2.05, 4.69) is 16.0 Å². The molecule has 2 aromatic carbocycles. The van der Waals surface area contributed by atoms with Gasteiger partial charge in [-0.3, -0.25) is 9.59 Å². The molecule has 0 heterocycles. The van der Waals surface area contributed by atoms with Crippen molar-refractivity contribution in [2.45, 2.75) is 0 Å². The minimum atomic E-state index is -0.288. The van der Waals surface area contributed by atoms with Crippen molar-refractivity contribution < 1.29 is 14.3 Å². The van der Waals surface area contributed by atoms with Gasteiger partial charge in [0.15, 0.2) is 0 Å². The lowest BCUT2D eigenvalue weighted by Gasteiger charge is -2.11. The number of anilines is 2. The molecule has 0 aromatic heterocycles. The SMILES string of the molecule is COCCNC(=O)c1cccc(NCC(=O)Nc2cccc(Cl)c2Cl)c1. The first-order valence-corrected chi connectivity index (χ1v) is 8.62. The fraction of sp³-hybridized carbons (Fsp3) is 0.222. The van der Waals surface area contributed by atoms with E-state index in [0.29, 0.717) is 35.1 Å². The van der Waals surface area contributed by atoms with Gasteiger partial charge in [0, 0.05) is 24.9 Å². The smallest absolute Gasteiger partial charge is 0.251 e. The standard InChI is InChI=1S/C18H19Cl2N3O3/c1-26-9-8-21-18(25)12-4-2-5-13(10-12)22-11-16(24)23-15-7-3-6-14(19)17(15)20/h2-7,10,22H,8-9,11H2,1H3,(H,21,25)(H,23,24). The van der Waals surface area contributed by atoms with Crippen LogP contribution in [0.5, 0.6) is 0 Å². The molecule has 0 saturated heterocycles. The highest BCUT2D eigenvalue weighted by atomic mass is 35.5. The number of halogens is 2. The lowest BCUT2D eigenvalue weighted by atomic mass is 10.2. The Kier molecular flexibility index (Phi) is 7.72. The Hall–Kier alpha value is -2.28. The van der Waals surface area contributed by atoms with Crippen molar-refractivity contribution in [1.29, 1.82) is 0 Å². The maximum Gasteiger partial charge on any atom is 0.251 e. The minimum Gasteiger partial charge on any atom is -0.383 e. The molecule has 3 N–H and O–H groups in total. The molecule has 0 aliphatic rings. The van der Waals surface area contributed by atoms with Crippen LogP contribution in [0, 0.1) is 0 Å².